The summed E-state index contributed by atoms with van der Waals surface area (Å²) in [6.45, 7) is 5.98. The van der Waals surface area contributed by atoms with Crippen LogP contribution < -0.4 is 0 Å². The topological polar surface area (TPSA) is 76.6 Å². The van der Waals surface area contributed by atoms with E-state index in [2.05, 4.69) is 16.8 Å². The second-order valence-electron chi connectivity index (χ2n) is 11.6. The Balaban J connectivity index is 1.35. The fourth-order valence-electron chi connectivity index (χ4n) is 6.13. The maximum atomic E-state index is 13.9. The summed E-state index contributed by atoms with van der Waals surface area (Å²) in [5.74, 6) is -0.351. The Morgan fingerprint density at radius 3 is 2.40 bits per heavy atom. The minimum Gasteiger partial charge on any atom is -0.444 e. The molecule has 0 saturated carbocycles. The van der Waals surface area contributed by atoms with E-state index in [1.165, 1.54) is 4.90 Å². The van der Waals surface area contributed by atoms with Crippen LogP contribution in [0.4, 0.5) is 18.0 Å². The van der Waals surface area contributed by atoms with E-state index in [1.54, 1.807) is 22.8 Å². The highest BCUT2D eigenvalue weighted by molar-refractivity contribution is 5.90. The molecule has 9 nitrogen and oxygen atoms in total. The van der Waals surface area contributed by atoms with Gasteiger partial charge in [0.15, 0.2) is 0 Å². The van der Waals surface area contributed by atoms with Gasteiger partial charge in [-0.1, -0.05) is 42.0 Å². The number of piperazine rings is 2. The number of hydrogen-bond donors (Lipinski definition) is 0. The van der Waals surface area contributed by atoms with Crippen LogP contribution in [0.25, 0.3) is 0 Å². The van der Waals surface area contributed by atoms with Crippen LogP contribution in [-0.4, -0.2) is 107 Å². The van der Waals surface area contributed by atoms with E-state index < -0.39 is 30.0 Å². The molecule has 3 aliphatic heterocycles. The number of likely N-dealkylation sites (N-methyl/N-ethyl adjacent to an activating group) is 1. The number of hydrogen-bond acceptors (Lipinski definition) is 6. The molecule has 12 heteroatoms. The summed E-state index contributed by atoms with van der Waals surface area (Å²) in [7, 11) is 2.07. The molecule has 3 heterocycles. The fraction of sp³-hybridized carbons (Fsp3) is 0.516. The third kappa shape index (κ3) is 7.30. The lowest BCUT2D eigenvalue weighted by molar-refractivity contribution is -0.169. The van der Waals surface area contributed by atoms with Crippen LogP contribution in [0.5, 0.6) is 0 Å². The van der Waals surface area contributed by atoms with Crippen LogP contribution in [0.1, 0.15) is 35.1 Å². The molecule has 2 aromatic rings. The van der Waals surface area contributed by atoms with E-state index in [9.17, 15) is 27.6 Å². The highest BCUT2D eigenvalue weighted by Gasteiger charge is 2.49. The van der Waals surface area contributed by atoms with Gasteiger partial charge in [-0.15, -0.1) is 0 Å². The number of aryl methyl sites for hydroxylation is 1. The predicted molar refractivity (Wildman–Crippen MR) is 153 cm³/mol. The Kier molecular flexibility index (Phi) is 9.26. The van der Waals surface area contributed by atoms with Crippen molar-refractivity contribution in [1.82, 2.24) is 24.5 Å². The van der Waals surface area contributed by atoms with Gasteiger partial charge < -0.3 is 24.3 Å². The number of benzene rings is 2. The lowest BCUT2D eigenvalue weighted by atomic mass is 10.0. The molecule has 3 aliphatic rings. The monoisotopic (exact) mass is 601 g/mol. The minimum absolute atomic E-state index is 0.0330. The van der Waals surface area contributed by atoms with Crippen molar-refractivity contribution in [3.63, 3.8) is 0 Å². The van der Waals surface area contributed by atoms with Gasteiger partial charge in [0, 0.05) is 52.2 Å². The normalized spacial score (nSPS) is 22.1. The Bertz CT molecular complexity index is 1320. The molecule has 3 amide bonds. The number of fused-ring (bicyclic) bond motifs is 1. The van der Waals surface area contributed by atoms with Crippen LogP contribution >= 0.6 is 0 Å². The summed E-state index contributed by atoms with van der Waals surface area (Å²) in [5.41, 5.74) is 0.749. The van der Waals surface area contributed by atoms with Crippen LogP contribution in [0.3, 0.4) is 0 Å². The Hall–Kier alpha value is -3.64. The quantitative estimate of drug-likeness (QED) is 0.483. The van der Waals surface area contributed by atoms with E-state index in [0.717, 1.165) is 43.9 Å². The summed E-state index contributed by atoms with van der Waals surface area (Å²) < 4.78 is 45.5. The number of alkyl halides is 3. The van der Waals surface area contributed by atoms with E-state index in [-0.39, 0.29) is 43.5 Å². The standard InChI is InChI=1S/C31H38F3N5O4/c1-22-16-24(18-25(17-22)31(32,33)34)21-43-30(42)38-11-9-28(40)39-26(8-10-36-14-12-35(2)13-15-36)29(41)37(20-27(38)39)19-23-6-4-3-5-7-23/h3-7,16-18,26-27H,8-15,19-21H2,1-2H3/t26-,27+/m0/s1. The molecular formula is C31H38F3N5O4. The summed E-state index contributed by atoms with van der Waals surface area (Å²) in [6, 6.07) is 12.4. The summed E-state index contributed by atoms with van der Waals surface area (Å²) in [6.07, 6.45) is -5.53. The first-order chi connectivity index (χ1) is 20.5. The van der Waals surface area contributed by atoms with E-state index >= 15 is 0 Å². The number of amides is 3. The molecule has 0 radical (unpaired) electrons. The fourth-order valence-corrected chi connectivity index (χ4v) is 6.13. The first-order valence-electron chi connectivity index (χ1n) is 14.7. The van der Waals surface area contributed by atoms with Gasteiger partial charge in [-0.05, 0) is 43.7 Å². The first kappa shape index (κ1) is 30.8. The molecule has 0 bridgehead atoms. The summed E-state index contributed by atoms with van der Waals surface area (Å²) in [4.78, 5) is 49.8. The lowest BCUT2D eigenvalue weighted by Gasteiger charge is -2.52. The molecule has 0 spiro atoms. The van der Waals surface area contributed by atoms with Gasteiger partial charge in [0.1, 0.15) is 18.8 Å². The largest absolute Gasteiger partial charge is 0.444 e. The number of carbonyl (C=O) groups is 3. The van der Waals surface area contributed by atoms with Crippen molar-refractivity contribution in [3.8, 4) is 0 Å². The van der Waals surface area contributed by atoms with Crippen molar-refractivity contribution < 1.29 is 32.3 Å². The third-order valence-electron chi connectivity index (χ3n) is 8.44. The smallest absolute Gasteiger partial charge is 0.416 e. The Morgan fingerprint density at radius 2 is 1.70 bits per heavy atom. The van der Waals surface area contributed by atoms with Gasteiger partial charge in [0.2, 0.25) is 11.8 Å². The highest BCUT2D eigenvalue weighted by atomic mass is 19.4. The van der Waals surface area contributed by atoms with E-state index in [4.69, 9.17) is 4.74 Å². The minimum atomic E-state index is -4.52. The van der Waals surface area contributed by atoms with E-state index in [0.29, 0.717) is 25.1 Å². The zero-order chi connectivity index (χ0) is 30.7. The summed E-state index contributed by atoms with van der Waals surface area (Å²) in [5, 5.41) is 0. The molecule has 0 N–H and O–H groups in total. The number of nitrogens with zero attached hydrogens (tertiary/aromatic N) is 5. The van der Waals surface area contributed by atoms with Crippen molar-refractivity contribution in [3.05, 3.63) is 70.8 Å². The second-order valence-corrected chi connectivity index (χ2v) is 11.6. The zero-order valence-corrected chi connectivity index (χ0v) is 24.6. The van der Waals surface area contributed by atoms with Crippen LogP contribution in [0.2, 0.25) is 0 Å². The van der Waals surface area contributed by atoms with Gasteiger partial charge in [-0.25, -0.2) is 4.79 Å². The van der Waals surface area contributed by atoms with Gasteiger partial charge in [0.25, 0.3) is 0 Å². The second kappa shape index (κ2) is 12.9. The Labute approximate surface area is 249 Å². The van der Waals surface area contributed by atoms with Crippen LogP contribution in [-0.2, 0) is 33.7 Å². The number of halogens is 3. The predicted octanol–water partition coefficient (Wildman–Crippen LogP) is 3.56. The zero-order valence-electron chi connectivity index (χ0n) is 24.6. The number of carbonyl (C=O) groups excluding carboxylic acids is 3. The molecule has 0 unspecified atom stereocenters. The van der Waals surface area contributed by atoms with Gasteiger partial charge in [-0.2, -0.15) is 13.2 Å². The highest BCUT2D eigenvalue weighted by Crippen LogP contribution is 2.32. The van der Waals surface area contributed by atoms with Crippen LogP contribution in [0.15, 0.2) is 48.5 Å². The molecular weight excluding hydrogens is 563 g/mol. The average Bonchev–Trinajstić information content (AvgIpc) is 2.97. The van der Waals surface area contributed by atoms with Gasteiger partial charge >= 0.3 is 12.3 Å². The third-order valence-corrected chi connectivity index (χ3v) is 8.44. The molecule has 3 saturated heterocycles. The maximum Gasteiger partial charge on any atom is 0.416 e. The molecule has 232 valence electrons. The Morgan fingerprint density at radius 1 is 0.977 bits per heavy atom. The number of ether oxygens (including phenoxy) is 1. The molecule has 2 aromatic carbocycles. The van der Waals surface area contributed by atoms with Crippen molar-refractivity contribution in [2.45, 2.75) is 51.3 Å². The van der Waals surface area contributed by atoms with Crippen molar-refractivity contribution in [2.24, 2.45) is 0 Å². The summed E-state index contributed by atoms with van der Waals surface area (Å²) >= 11 is 0. The van der Waals surface area contributed by atoms with E-state index in [1.807, 2.05) is 30.3 Å². The molecule has 0 aromatic heterocycles. The van der Waals surface area contributed by atoms with Gasteiger partial charge in [0.05, 0.1) is 12.1 Å². The average molecular weight is 602 g/mol. The van der Waals surface area contributed by atoms with Crippen molar-refractivity contribution >= 4 is 17.9 Å². The maximum absolute atomic E-state index is 13.9. The molecule has 3 fully saturated rings. The molecule has 5 rings (SSSR count). The number of rotatable bonds is 7. The van der Waals surface area contributed by atoms with Crippen LogP contribution in [0, 0.1) is 6.92 Å². The molecule has 2 atom stereocenters. The lowest BCUT2D eigenvalue weighted by Crippen LogP contribution is -2.71. The molecule has 0 aliphatic carbocycles. The first-order valence-corrected chi connectivity index (χ1v) is 14.7. The van der Waals surface area contributed by atoms with Crippen molar-refractivity contribution in [1.29, 1.82) is 0 Å². The molecule has 43 heavy (non-hydrogen) atoms. The van der Waals surface area contributed by atoms with Crippen molar-refractivity contribution in [2.75, 3.05) is 52.9 Å². The SMILES string of the molecule is Cc1cc(COC(=O)N2CCC(=O)N3[C@@H]2CN(Cc2ccccc2)C(=O)[C@@H]3CCN2CCN(C)CC2)cc(C(F)(F)F)c1. The van der Waals surface area contributed by atoms with Gasteiger partial charge in [-0.3, -0.25) is 14.5 Å².